The Kier molecular flexibility index (Phi) is 6.82. The molecule has 0 spiro atoms. The molecule has 0 N–H and O–H groups in total. The molecule has 2 fully saturated rings. The van der Waals surface area contributed by atoms with Crippen LogP contribution in [0.5, 0.6) is 0 Å². The van der Waals surface area contributed by atoms with Gasteiger partial charge in [0.05, 0.1) is 12.1 Å². The normalized spacial score (nSPS) is 19.1. The summed E-state index contributed by atoms with van der Waals surface area (Å²) in [7, 11) is -3.42. The largest absolute Gasteiger partial charge is 0.340 e. The molecule has 0 radical (unpaired) electrons. The van der Waals surface area contributed by atoms with Crippen molar-refractivity contribution in [3.63, 3.8) is 0 Å². The molecule has 2 saturated heterocycles. The van der Waals surface area contributed by atoms with Crippen LogP contribution in [0.1, 0.15) is 29.8 Å². The number of carbonyl (C=O) groups excluding carboxylic acids is 1. The maximum atomic E-state index is 12.8. The maximum Gasteiger partial charge on any atom is 0.252 e. The van der Waals surface area contributed by atoms with Crippen LogP contribution < -0.4 is 0 Å². The van der Waals surface area contributed by atoms with E-state index in [0.29, 0.717) is 30.4 Å². The smallest absolute Gasteiger partial charge is 0.252 e. The fourth-order valence-electron chi connectivity index (χ4n) is 3.96. The first-order valence-electron chi connectivity index (χ1n) is 10.5. The van der Waals surface area contributed by atoms with Crippen molar-refractivity contribution in [3.05, 3.63) is 47.1 Å². The van der Waals surface area contributed by atoms with Crippen LogP contribution in [0, 0.1) is 0 Å². The lowest BCUT2D eigenvalue weighted by atomic mass is 10.2. The molecule has 1 amide bonds. The fourth-order valence-corrected chi connectivity index (χ4v) is 6.98. The Labute approximate surface area is 182 Å². The molecule has 0 unspecified atom stereocenters. The van der Waals surface area contributed by atoms with Crippen molar-refractivity contribution in [3.8, 4) is 0 Å². The summed E-state index contributed by atoms with van der Waals surface area (Å²) in [5.74, 6) is 0.0660. The lowest BCUT2D eigenvalue weighted by molar-refractivity contribution is -0.132. The number of rotatable bonds is 6. The van der Waals surface area contributed by atoms with Crippen molar-refractivity contribution >= 4 is 27.3 Å². The van der Waals surface area contributed by atoms with E-state index in [2.05, 4.69) is 9.88 Å². The minimum absolute atomic E-state index is 0.0660. The van der Waals surface area contributed by atoms with Crippen molar-refractivity contribution in [1.82, 2.24) is 19.1 Å². The number of pyridine rings is 1. The average Bonchev–Trinajstić information content (AvgIpc) is 3.25. The zero-order valence-corrected chi connectivity index (χ0v) is 18.7. The molecule has 0 saturated carbocycles. The van der Waals surface area contributed by atoms with E-state index in [1.807, 2.05) is 23.1 Å². The van der Waals surface area contributed by atoms with E-state index < -0.39 is 10.0 Å². The number of thiophene rings is 1. The molecule has 4 rings (SSSR count). The third-order valence-corrected chi connectivity index (χ3v) is 9.16. The third kappa shape index (κ3) is 5.08. The molecule has 9 heteroatoms. The Morgan fingerprint density at radius 1 is 0.967 bits per heavy atom. The number of hydrogen-bond acceptors (Lipinski definition) is 6. The van der Waals surface area contributed by atoms with Crippen molar-refractivity contribution in [1.29, 1.82) is 0 Å². The molecule has 0 aliphatic carbocycles. The highest BCUT2D eigenvalue weighted by atomic mass is 32.2. The van der Waals surface area contributed by atoms with Gasteiger partial charge in [-0.2, -0.15) is 4.31 Å². The van der Waals surface area contributed by atoms with Crippen LogP contribution in [0.3, 0.4) is 0 Å². The van der Waals surface area contributed by atoms with Crippen LogP contribution in [0.15, 0.2) is 40.7 Å². The molecule has 7 nitrogen and oxygen atoms in total. The fraction of sp³-hybridized carbons (Fsp3) is 0.524. The molecular formula is C21H28N4O3S2. The van der Waals surface area contributed by atoms with Gasteiger partial charge in [0.15, 0.2) is 0 Å². The number of nitrogens with zero attached hydrogens (tertiary/aromatic N) is 4. The van der Waals surface area contributed by atoms with Gasteiger partial charge in [0.2, 0.25) is 5.91 Å². The topological polar surface area (TPSA) is 73.8 Å². The van der Waals surface area contributed by atoms with Crippen LogP contribution in [0.25, 0.3) is 0 Å². The van der Waals surface area contributed by atoms with E-state index >= 15 is 0 Å². The molecule has 162 valence electrons. The summed E-state index contributed by atoms with van der Waals surface area (Å²) in [6.45, 7) is 5.01. The molecule has 0 bridgehead atoms. The van der Waals surface area contributed by atoms with Crippen LogP contribution >= 0.6 is 11.3 Å². The first kappa shape index (κ1) is 21.4. The monoisotopic (exact) mass is 448 g/mol. The highest BCUT2D eigenvalue weighted by molar-refractivity contribution is 7.91. The van der Waals surface area contributed by atoms with E-state index in [1.54, 1.807) is 22.6 Å². The Bertz CT molecular complexity index is 948. The number of piperazine rings is 1. The van der Waals surface area contributed by atoms with Gasteiger partial charge in [0, 0.05) is 56.9 Å². The van der Waals surface area contributed by atoms with E-state index in [1.165, 1.54) is 11.3 Å². The van der Waals surface area contributed by atoms with Gasteiger partial charge >= 0.3 is 0 Å². The van der Waals surface area contributed by atoms with Gasteiger partial charge in [-0.05, 0) is 37.1 Å². The van der Waals surface area contributed by atoms with Crippen molar-refractivity contribution in [2.24, 2.45) is 0 Å². The minimum Gasteiger partial charge on any atom is -0.340 e. The molecule has 0 aromatic carbocycles. The Balaban J connectivity index is 1.30. The minimum atomic E-state index is -3.42. The summed E-state index contributed by atoms with van der Waals surface area (Å²) in [4.78, 5) is 22.1. The van der Waals surface area contributed by atoms with Crippen LogP contribution in [0.2, 0.25) is 0 Å². The molecule has 2 aromatic rings. The molecule has 4 heterocycles. The number of sulfonamides is 1. The number of hydrogen-bond donors (Lipinski definition) is 0. The number of carbonyl (C=O) groups is 1. The third-order valence-electron chi connectivity index (χ3n) is 5.71. The van der Waals surface area contributed by atoms with Gasteiger partial charge in [-0.3, -0.25) is 14.7 Å². The zero-order valence-electron chi connectivity index (χ0n) is 17.1. The second-order valence-electron chi connectivity index (χ2n) is 7.84. The Hall–Kier alpha value is -1.81. The van der Waals surface area contributed by atoms with Gasteiger partial charge in [-0.25, -0.2) is 8.42 Å². The van der Waals surface area contributed by atoms with Gasteiger partial charge in [-0.1, -0.05) is 12.5 Å². The summed E-state index contributed by atoms with van der Waals surface area (Å²) >= 11 is 1.23. The van der Waals surface area contributed by atoms with Gasteiger partial charge < -0.3 is 4.90 Å². The number of piperidine rings is 1. The molecule has 2 aliphatic rings. The number of aromatic nitrogens is 1. The summed E-state index contributed by atoms with van der Waals surface area (Å²) < 4.78 is 27.5. The summed E-state index contributed by atoms with van der Waals surface area (Å²) in [6.07, 6.45) is 4.99. The Morgan fingerprint density at radius 2 is 1.73 bits per heavy atom. The maximum absolute atomic E-state index is 12.8. The molecule has 2 aromatic heterocycles. The predicted octanol–water partition coefficient (Wildman–Crippen LogP) is 2.20. The van der Waals surface area contributed by atoms with Gasteiger partial charge in [-0.15, -0.1) is 11.3 Å². The van der Waals surface area contributed by atoms with Crippen molar-refractivity contribution < 1.29 is 13.2 Å². The SMILES string of the molecule is O=C(Cc1ccc(S(=O)(=O)N2CCCCC2)s1)N1CCN(Cc2ccccn2)CC1. The number of amides is 1. The van der Waals surface area contributed by atoms with Crippen molar-refractivity contribution in [2.45, 2.75) is 36.4 Å². The highest BCUT2D eigenvalue weighted by Gasteiger charge is 2.28. The lowest BCUT2D eigenvalue weighted by Crippen LogP contribution is -2.48. The summed E-state index contributed by atoms with van der Waals surface area (Å²) in [5.41, 5.74) is 1.04. The van der Waals surface area contributed by atoms with Crippen molar-refractivity contribution in [2.75, 3.05) is 39.3 Å². The Morgan fingerprint density at radius 3 is 2.43 bits per heavy atom. The highest BCUT2D eigenvalue weighted by Crippen LogP contribution is 2.27. The van der Waals surface area contributed by atoms with Gasteiger partial charge in [0.25, 0.3) is 10.0 Å². The average molecular weight is 449 g/mol. The molecule has 2 aliphatic heterocycles. The first-order chi connectivity index (χ1) is 14.5. The standard InChI is InChI=1S/C21H28N4O3S2/c26-20(24-14-12-23(13-15-24)17-18-6-2-3-9-22-18)16-19-7-8-21(29-19)30(27,28)25-10-4-1-5-11-25/h2-3,6-9H,1,4-5,10-17H2. The second-order valence-corrected chi connectivity index (χ2v) is 11.2. The lowest BCUT2D eigenvalue weighted by Gasteiger charge is -2.34. The summed E-state index contributed by atoms with van der Waals surface area (Å²) in [6, 6.07) is 9.36. The molecule has 30 heavy (non-hydrogen) atoms. The summed E-state index contributed by atoms with van der Waals surface area (Å²) in [5, 5.41) is 0. The predicted molar refractivity (Wildman–Crippen MR) is 117 cm³/mol. The second kappa shape index (κ2) is 9.55. The van der Waals surface area contributed by atoms with Gasteiger partial charge in [0.1, 0.15) is 4.21 Å². The van der Waals surface area contributed by atoms with E-state index in [4.69, 9.17) is 0 Å². The van der Waals surface area contributed by atoms with Crippen LogP contribution in [-0.2, 0) is 27.8 Å². The zero-order chi connectivity index (χ0) is 21.0. The van der Waals surface area contributed by atoms with E-state index in [0.717, 1.165) is 49.5 Å². The molecule has 0 atom stereocenters. The van der Waals surface area contributed by atoms with Crippen LogP contribution in [-0.4, -0.2) is 72.7 Å². The quantitative estimate of drug-likeness (QED) is 0.677. The van der Waals surface area contributed by atoms with E-state index in [-0.39, 0.29) is 12.3 Å². The first-order valence-corrected chi connectivity index (χ1v) is 12.8. The molecular weight excluding hydrogens is 420 g/mol. The van der Waals surface area contributed by atoms with Crippen LogP contribution in [0.4, 0.5) is 0 Å². The van der Waals surface area contributed by atoms with E-state index in [9.17, 15) is 13.2 Å².